The molecule has 1 aliphatic rings. The second-order valence-electron chi connectivity index (χ2n) is 3.87. The summed E-state index contributed by atoms with van der Waals surface area (Å²) in [5.41, 5.74) is 0. The molecule has 1 aliphatic heterocycles. The smallest absolute Gasteiger partial charge is 0.186 e. The molecule has 0 saturated carbocycles. The Morgan fingerprint density at radius 2 is 1.71 bits per heavy atom. The molecule has 6 N–H and O–H groups in total. The number of aliphatic hydroxyl groups is 6. The van der Waals surface area contributed by atoms with Crippen molar-refractivity contribution in [3.05, 3.63) is 0 Å². The summed E-state index contributed by atoms with van der Waals surface area (Å²) in [5.74, 6) is 0. The molecule has 1 unspecified atom stereocenters. The first-order valence-corrected chi connectivity index (χ1v) is 5.22. The van der Waals surface area contributed by atoms with Gasteiger partial charge in [0.05, 0.1) is 19.8 Å². The lowest BCUT2D eigenvalue weighted by molar-refractivity contribution is -0.192. The molecule has 17 heavy (non-hydrogen) atoms. The highest BCUT2D eigenvalue weighted by atomic mass is 16.7. The Bertz CT molecular complexity index is 225. The lowest BCUT2D eigenvalue weighted by atomic mass is 10.1. The van der Waals surface area contributed by atoms with Crippen LogP contribution < -0.4 is 0 Å². The summed E-state index contributed by atoms with van der Waals surface area (Å²) >= 11 is 0. The van der Waals surface area contributed by atoms with Gasteiger partial charge in [0.1, 0.15) is 30.5 Å². The normalized spacial score (nSPS) is 37.1. The summed E-state index contributed by atoms with van der Waals surface area (Å²) in [7, 11) is 0. The summed E-state index contributed by atoms with van der Waals surface area (Å²) in [5, 5.41) is 54.6. The molecule has 8 nitrogen and oxygen atoms in total. The largest absolute Gasteiger partial charge is 0.394 e. The number of aliphatic hydroxyl groups excluding tert-OH is 6. The van der Waals surface area contributed by atoms with E-state index in [9.17, 15) is 15.3 Å². The molecule has 1 rings (SSSR count). The second-order valence-corrected chi connectivity index (χ2v) is 3.87. The fourth-order valence-corrected chi connectivity index (χ4v) is 1.49. The summed E-state index contributed by atoms with van der Waals surface area (Å²) in [6.45, 7) is -1.42. The zero-order chi connectivity index (χ0) is 13.0. The molecule has 1 fully saturated rings. The molecule has 0 aromatic heterocycles. The minimum atomic E-state index is -1.40. The quantitative estimate of drug-likeness (QED) is 0.283. The molecule has 0 spiro atoms. The predicted molar refractivity (Wildman–Crippen MR) is 52.8 cm³/mol. The van der Waals surface area contributed by atoms with Crippen molar-refractivity contribution in [3.63, 3.8) is 0 Å². The van der Waals surface area contributed by atoms with Gasteiger partial charge >= 0.3 is 0 Å². The minimum Gasteiger partial charge on any atom is -0.394 e. The number of rotatable bonds is 6. The van der Waals surface area contributed by atoms with Gasteiger partial charge in [0.15, 0.2) is 6.29 Å². The van der Waals surface area contributed by atoms with Gasteiger partial charge in [0.2, 0.25) is 0 Å². The lowest BCUT2D eigenvalue weighted by Gasteiger charge is -2.18. The maximum absolute atomic E-state index is 9.52. The number of ether oxygens (including phenoxy) is 2. The van der Waals surface area contributed by atoms with Gasteiger partial charge in [-0.25, -0.2) is 0 Å². The van der Waals surface area contributed by atoms with Crippen LogP contribution in [0.3, 0.4) is 0 Å². The highest BCUT2D eigenvalue weighted by Gasteiger charge is 2.46. The standard InChI is InChI=1S/C9H18O8/c10-1-4(12)3-16-9-7(15)6(14)8(17-9)5(13)2-11/h4-15H,1-3H2/t4?,5-,6-,7-,8+,9-/m1/s1. The van der Waals surface area contributed by atoms with Crippen molar-refractivity contribution >= 4 is 0 Å². The zero-order valence-corrected chi connectivity index (χ0v) is 9.09. The Kier molecular flexibility index (Phi) is 5.70. The second kappa shape index (κ2) is 6.57. The number of hydrogen-bond acceptors (Lipinski definition) is 8. The van der Waals surface area contributed by atoms with Crippen LogP contribution in [-0.2, 0) is 9.47 Å². The zero-order valence-electron chi connectivity index (χ0n) is 9.09. The third kappa shape index (κ3) is 3.57. The fraction of sp³-hybridized carbons (Fsp3) is 1.00. The van der Waals surface area contributed by atoms with Crippen LogP contribution in [0.1, 0.15) is 0 Å². The van der Waals surface area contributed by atoms with Gasteiger partial charge in [0, 0.05) is 0 Å². The summed E-state index contributed by atoms with van der Waals surface area (Å²) < 4.78 is 9.94. The van der Waals surface area contributed by atoms with Gasteiger partial charge < -0.3 is 40.1 Å². The average molecular weight is 254 g/mol. The van der Waals surface area contributed by atoms with Crippen molar-refractivity contribution in [2.75, 3.05) is 19.8 Å². The highest BCUT2D eigenvalue weighted by Crippen LogP contribution is 2.24. The Morgan fingerprint density at radius 1 is 1.06 bits per heavy atom. The van der Waals surface area contributed by atoms with Gasteiger partial charge in [-0.15, -0.1) is 0 Å². The van der Waals surface area contributed by atoms with E-state index in [1.54, 1.807) is 0 Å². The van der Waals surface area contributed by atoms with E-state index in [2.05, 4.69) is 0 Å². The molecule has 0 bridgehead atoms. The summed E-state index contributed by atoms with van der Waals surface area (Å²) in [4.78, 5) is 0. The van der Waals surface area contributed by atoms with Crippen LogP contribution in [0.4, 0.5) is 0 Å². The van der Waals surface area contributed by atoms with Gasteiger partial charge in [0.25, 0.3) is 0 Å². The molecule has 0 radical (unpaired) electrons. The van der Waals surface area contributed by atoms with Gasteiger partial charge in [-0.1, -0.05) is 0 Å². The van der Waals surface area contributed by atoms with E-state index >= 15 is 0 Å². The third-order valence-electron chi connectivity index (χ3n) is 2.49. The monoisotopic (exact) mass is 254 g/mol. The van der Waals surface area contributed by atoms with Crippen molar-refractivity contribution in [3.8, 4) is 0 Å². The van der Waals surface area contributed by atoms with Crippen molar-refractivity contribution < 1.29 is 40.1 Å². The first-order chi connectivity index (χ1) is 8.01. The van der Waals surface area contributed by atoms with Crippen molar-refractivity contribution in [2.24, 2.45) is 0 Å². The van der Waals surface area contributed by atoms with E-state index in [-0.39, 0.29) is 6.61 Å². The van der Waals surface area contributed by atoms with Crippen LogP contribution in [0.25, 0.3) is 0 Å². The summed E-state index contributed by atoms with van der Waals surface area (Å²) in [6, 6.07) is 0. The van der Waals surface area contributed by atoms with Crippen molar-refractivity contribution in [2.45, 2.75) is 36.8 Å². The summed E-state index contributed by atoms with van der Waals surface area (Å²) in [6.07, 6.45) is -7.63. The Labute approximate surface area is 97.6 Å². The minimum absolute atomic E-state index is 0.285. The Hall–Kier alpha value is -0.320. The number of hydrogen-bond donors (Lipinski definition) is 6. The van der Waals surface area contributed by atoms with Crippen LogP contribution in [0.15, 0.2) is 0 Å². The van der Waals surface area contributed by atoms with E-state index in [1.165, 1.54) is 0 Å². The molecule has 102 valence electrons. The third-order valence-corrected chi connectivity index (χ3v) is 2.49. The van der Waals surface area contributed by atoms with Gasteiger partial charge in [-0.05, 0) is 0 Å². The SMILES string of the molecule is OCC(O)CO[C@@H]1O[C@@H]([C@H](O)CO)[C@H](O)[C@H]1O. The molecule has 1 saturated heterocycles. The molecule has 0 aromatic carbocycles. The molecule has 1 heterocycles. The fourth-order valence-electron chi connectivity index (χ4n) is 1.49. The van der Waals surface area contributed by atoms with Crippen LogP contribution in [0.5, 0.6) is 0 Å². The molecular weight excluding hydrogens is 236 g/mol. The molecule has 6 atom stereocenters. The lowest BCUT2D eigenvalue weighted by Crippen LogP contribution is -2.40. The Morgan fingerprint density at radius 3 is 2.24 bits per heavy atom. The molecule has 0 aliphatic carbocycles. The first-order valence-electron chi connectivity index (χ1n) is 5.22. The Balaban J connectivity index is 2.47. The highest BCUT2D eigenvalue weighted by molar-refractivity contribution is 4.90. The van der Waals surface area contributed by atoms with Crippen molar-refractivity contribution in [1.29, 1.82) is 0 Å². The first kappa shape index (κ1) is 14.7. The van der Waals surface area contributed by atoms with Crippen LogP contribution >= 0.6 is 0 Å². The maximum atomic E-state index is 9.52. The van der Waals surface area contributed by atoms with Crippen molar-refractivity contribution in [1.82, 2.24) is 0 Å². The predicted octanol–water partition coefficient (Wildman–Crippen LogP) is -3.84. The topological polar surface area (TPSA) is 140 Å². The van der Waals surface area contributed by atoms with Crippen LogP contribution in [0.2, 0.25) is 0 Å². The van der Waals surface area contributed by atoms with E-state index in [0.29, 0.717) is 0 Å². The molecule has 8 heteroatoms. The molecular formula is C9H18O8. The molecule has 0 amide bonds. The maximum Gasteiger partial charge on any atom is 0.186 e. The van der Waals surface area contributed by atoms with E-state index < -0.39 is 50.0 Å². The molecule has 0 aromatic rings. The van der Waals surface area contributed by atoms with E-state index in [1.807, 2.05) is 0 Å². The van der Waals surface area contributed by atoms with Gasteiger partial charge in [-0.2, -0.15) is 0 Å². The van der Waals surface area contributed by atoms with Gasteiger partial charge in [-0.3, -0.25) is 0 Å². The van der Waals surface area contributed by atoms with Crippen LogP contribution in [0, 0.1) is 0 Å². The average Bonchev–Trinajstić information content (AvgIpc) is 2.62. The van der Waals surface area contributed by atoms with E-state index in [4.69, 9.17) is 24.8 Å². The van der Waals surface area contributed by atoms with E-state index in [0.717, 1.165) is 0 Å². The van der Waals surface area contributed by atoms with Crippen LogP contribution in [-0.4, -0.2) is 87.3 Å².